The SMILES string of the molecule is COc1ccc2c(ccn2CC(=O)N2C[C@H]3C[C@H](C2)c2cccc(=O)n2C3)c1. The van der Waals surface area contributed by atoms with Crippen molar-refractivity contribution < 1.29 is 9.53 Å². The second-order valence-electron chi connectivity index (χ2n) is 7.87. The molecule has 0 spiro atoms. The maximum Gasteiger partial charge on any atom is 0.250 e. The molecular weight excluding hydrogens is 354 g/mol. The number of likely N-dealkylation sites (tertiary alicyclic amines) is 1. The van der Waals surface area contributed by atoms with E-state index in [9.17, 15) is 9.59 Å². The molecule has 1 amide bonds. The van der Waals surface area contributed by atoms with Gasteiger partial charge in [0.1, 0.15) is 12.3 Å². The monoisotopic (exact) mass is 377 g/mol. The highest BCUT2D eigenvalue weighted by Gasteiger charge is 2.36. The van der Waals surface area contributed by atoms with Crippen molar-refractivity contribution in [1.82, 2.24) is 14.0 Å². The summed E-state index contributed by atoms with van der Waals surface area (Å²) in [4.78, 5) is 27.2. The fourth-order valence-electron chi connectivity index (χ4n) is 4.79. The summed E-state index contributed by atoms with van der Waals surface area (Å²) in [5, 5.41) is 1.07. The molecule has 1 fully saturated rings. The molecule has 2 aromatic heterocycles. The minimum atomic E-state index is 0.0706. The molecule has 2 atom stereocenters. The molecule has 0 unspecified atom stereocenters. The summed E-state index contributed by atoms with van der Waals surface area (Å²) in [6.07, 6.45) is 3.02. The summed E-state index contributed by atoms with van der Waals surface area (Å²) in [6.45, 7) is 2.45. The Labute approximate surface area is 162 Å². The van der Waals surface area contributed by atoms with Crippen LogP contribution in [0.2, 0.25) is 0 Å². The van der Waals surface area contributed by atoms with Gasteiger partial charge in [-0.15, -0.1) is 0 Å². The summed E-state index contributed by atoms with van der Waals surface area (Å²) >= 11 is 0. The van der Waals surface area contributed by atoms with E-state index in [2.05, 4.69) is 0 Å². The van der Waals surface area contributed by atoms with E-state index < -0.39 is 0 Å². The van der Waals surface area contributed by atoms with Crippen LogP contribution in [0.3, 0.4) is 0 Å². The lowest BCUT2D eigenvalue weighted by Gasteiger charge is -2.42. The Hall–Kier alpha value is -3.02. The molecule has 6 heteroatoms. The van der Waals surface area contributed by atoms with Crippen molar-refractivity contribution in [3.05, 3.63) is 64.7 Å². The fourth-order valence-corrected chi connectivity index (χ4v) is 4.79. The van der Waals surface area contributed by atoms with Crippen molar-refractivity contribution in [1.29, 1.82) is 0 Å². The lowest BCUT2D eigenvalue weighted by molar-refractivity contribution is -0.134. The Morgan fingerprint density at radius 2 is 2.04 bits per heavy atom. The van der Waals surface area contributed by atoms with E-state index >= 15 is 0 Å². The molecule has 0 saturated carbocycles. The number of carbonyl (C=O) groups excluding carboxylic acids is 1. The van der Waals surface area contributed by atoms with Gasteiger partial charge < -0.3 is 18.8 Å². The third-order valence-corrected chi connectivity index (χ3v) is 6.12. The Bertz CT molecular complexity index is 1110. The van der Waals surface area contributed by atoms with Crippen molar-refractivity contribution in [3.63, 3.8) is 0 Å². The highest BCUT2D eigenvalue weighted by atomic mass is 16.5. The molecule has 2 aliphatic rings. The first-order valence-corrected chi connectivity index (χ1v) is 9.73. The van der Waals surface area contributed by atoms with E-state index in [4.69, 9.17) is 4.74 Å². The molecule has 1 saturated heterocycles. The van der Waals surface area contributed by atoms with E-state index in [1.807, 2.05) is 56.6 Å². The van der Waals surface area contributed by atoms with Crippen molar-refractivity contribution in [2.75, 3.05) is 20.2 Å². The van der Waals surface area contributed by atoms with E-state index in [0.717, 1.165) is 35.3 Å². The smallest absolute Gasteiger partial charge is 0.250 e. The number of fused-ring (bicyclic) bond motifs is 5. The largest absolute Gasteiger partial charge is 0.497 e. The van der Waals surface area contributed by atoms with Crippen LogP contribution in [0.5, 0.6) is 5.75 Å². The number of hydrogen-bond acceptors (Lipinski definition) is 3. The predicted octanol–water partition coefficient (Wildman–Crippen LogP) is 2.46. The van der Waals surface area contributed by atoms with Crippen LogP contribution < -0.4 is 10.3 Å². The van der Waals surface area contributed by atoms with Crippen molar-refractivity contribution in [2.24, 2.45) is 5.92 Å². The van der Waals surface area contributed by atoms with Gasteiger partial charge in [0.2, 0.25) is 5.91 Å². The van der Waals surface area contributed by atoms with Crippen LogP contribution in [0.4, 0.5) is 0 Å². The van der Waals surface area contributed by atoms with E-state index in [0.29, 0.717) is 25.6 Å². The zero-order valence-corrected chi connectivity index (χ0v) is 15.9. The average Bonchev–Trinajstić information content (AvgIpc) is 3.10. The Balaban J connectivity index is 1.37. The molecule has 6 nitrogen and oxygen atoms in total. The maximum atomic E-state index is 13.1. The number of carbonyl (C=O) groups is 1. The van der Waals surface area contributed by atoms with Gasteiger partial charge >= 0.3 is 0 Å². The fraction of sp³-hybridized carbons (Fsp3) is 0.364. The van der Waals surface area contributed by atoms with Crippen LogP contribution in [0, 0.1) is 5.92 Å². The van der Waals surface area contributed by atoms with Gasteiger partial charge in [-0.1, -0.05) is 6.07 Å². The Kier molecular flexibility index (Phi) is 4.00. The molecule has 5 rings (SSSR count). The van der Waals surface area contributed by atoms with Gasteiger partial charge in [-0.25, -0.2) is 0 Å². The Morgan fingerprint density at radius 3 is 2.89 bits per heavy atom. The number of pyridine rings is 1. The zero-order valence-electron chi connectivity index (χ0n) is 15.9. The molecule has 0 N–H and O–H groups in total. The van der Waals surface area contributed by atoms with Crippen LogP contribution in [0.1, 0.15) is 18.0 Å². The number of aromatic nitrogens is 2. The lowest BCUT2D eigenvalue weighted by Crippen LogP contribution is -2.49. The summed E-state index contributed by atoms with van der Waals surface area (Å²) < 4.78 is 9.17. The number of benzene rings is 1. The quantitative estimate of drug-likeness (QED) is 0.705. The average molecular weight is 377 g/mol. The first kappa shape index (κ1) is 17.1. The minimum Gasteiger partial charge on any atom is -0.497 e. The minimum absolute atomic E-state index is 0.0706. The van der Waals surface area contributed by atoms with Gasteiger partial charge in [0.25, 0.3) is 5.56 Å². The summed E-state index contributed by atoms with van der Waals surface area (Å²) in [5.74, 6) is 1.54. The van der Waals surface area contributed by atoms with E-state index in [1.54, 1.807) is 13.2 Å². The molecule has 4 heterocycles. The standard InChI is InChI=1S/C22H23N3O3/c1-28-18-5-6-19-16(10-18)7-8-23(19)14-22(27)24-11-15-9-17(13-24)20-3-2-4-21(26)25(20)12-15/h2-8,10,15,17H,9,11-14H2,1H3/t15-,17-/m1/s1. The number of rotatable bonds is 3. The molecule has 0 radical (unpaired) electrons. The maximum absolute atomic E-state index is 13.1. The number of piperidine rings is 1. The number of methoxy groups -OCH3 is 1. The highest BCUT2D eigenvalue weighted by Crippen LogP contribution is 2.35. The number of hydrogen-bond donors (Lipinski definition) is 0. The van der Waals surface area contributed by atoms with Gasteiger partial charge in [-0.2, -0.15) is 0 Å². The molecule has 28 heavy (non-hydrogen) atoms. The number of ether oxygens (including phenoxy) is 1. The van der Waals surface area contributed by atoms with Crippen LogP contribution in [0.25, 0.3) is 10.9 Å². The van der Waals surface area contributed by atoms with Gasteiger partial charge in [0, 0.05) is 54.4 Å². The van der Waals surface area contributed by atoms with Crippen LogP contribution in [0.15, 0.2) is 53.5 Å². The molecule has 3 aromatic rings. The highest BCUT2D eigenvalue weighted by molar-refractivity contribution is 5.84. The van der Waals surface area contributed by atoms with Crippen molar-refractivity contribution in [3.8, 4) is 5.75 Å². The third kappa shape index (κ3) is 2.80. The molecule has 2 bridgehead atoms. The molecule has 2 aliphatic heterocycles. The van der Waals surface area contributed by atoms with Crippen LogP contribution in [-0.4, -0.2) is 40.1 Å². The number of nitrogens with zero attached hydrogens (tertiary/aromatic N) is 3. The van der Waals surface area contributed by atoms with Crippen molar-refractivity contribution >= 4 is 16.8 Å². The first-order chi connectivity index (χ1) is 13.6. The van der Waals surface area contributed by atoms with Gasteiger partial charge in [0.15, 0.2) is 0 Å². The predicted molar refractivity (Wildman–Crippen MR) is 107 cm³/mol. The molecular formula is C22H23N3O3. The lowest BCUT2D eigenvalue weighted by atomic mass is 9.83. The molecule has 1 aromatic carbocycles. The zero-order chi connectivity index (χ0) is 19.3. The first-order valence-electron chi connectivity index (χ1n) is 9.73. The second-order valence-corrected chi connectivity index (χ2v) is 7.87. The van der Waals surface area contributed by atoms with Crippen molar-refractivity contribution in [2.45, 2.75) is 25.4 Å². The summed E-state index contributed by atoms with van der Waals surface area (Å²) in [7, 11) is 1.65. The van der Waals surface area contributed by atoms with Gasteiger partial charge in [0.05, 0.1) is 7.11 Å². The topological polar surface area (TPSA) is 56.5 Å². The van der Waals surface area contributed by atoms with Crippen LogP contribution >= 0.6 is 0 Å². The van der Waals surface area contributed by atoms with E-state index in [1.165, 1.54) is 0 Å². The van der Waals surface area contributed by atoms with Gasteiger partial charge in [-0.3, -0.25) is 9.59 Å². The number of amides is 1. The molecule has 144 valence electrons. The van der Waals surface area contributed by atoms with Gasteiger partial charge in [-0.05, 0) is 42.7 Å². The summed E-state index contributed by atoms with van der Waals surface area (Å²) in [6, 6.07) is 13.4. The third-order valence-electron chi connectivity index (χ3n) is 6.12. The van der Waals surface area contributed by atoms with Crippen LogP contribution in [-0.2, 0) is 17.9 Å². The second kappa shape index (κ2) is 6.55. The Morgan fingerprint density at radius 1 is 1.14 bits per heavy atom. The summed E-state index contributed by atoms with van der Waals surface area (Å²) in [5.41, 5.74) is 2.17. The molecule has 0 aliphatic carbocycles. The van der Waals surface area contributed by atoms with E-state index in [-0.39, 0.29) is 17.4 Å². The normalized spacial score (nSPS) is 20.8.